The molecule has 2 aromatic rings. The van der Waals surface area contributed by atoms with Crippen LogP contribution in [-0.2, 0) is 11.3 Å². The largest absolute Gasteiger partial charge is 0.462 e. The minimum atomic E-state index is -1.15. The van der Waals surface area contributed by atoms with Crippen LogP contribution in [0.25, 0.3) is 0 Å². The van der Waals surface area contributed by atoms with Crippen molar-refractivity contribution in [2.75, 3.05) is 7.11 Å². The van der Waals surface area contributed by atoms with Gasteiger partial charge in [-0.15, -0.1) is 0 Å². The molecule has 2 rings (SSSR count). The van der Waals surface area contributed by atoms with Gasteiger partial charge in [0.1, 0.15) is 35.6 Å². The van der Waals surface area contributed by atoms with E-state index in [2.05, 4.69) is 0 Å². The van der Waals surface area contributed by atoms with Gasteiger partial charge in [-0.3, -0.25) is 0 Å². The van der Waals surface area contributed by atoms with Gasteiger partial charge in [0.05, 0.1) is 6.04 Å². The van der Waals surface area contributed by atoms with Crippen LogP contribution in [0.15, 0.2) is 28.7 Å². The number of halogens is 3. The molecule has 1 atom stereocenters. The third-order valence-corrected chi connectivity index (χ3v) is 2.63. The molecule has 0 amide bonds. The zero-order chi connectivity index (χ0) is 14.0. The third kappa shape index (κ3) is 2.80. The number of hydrogen-bond donors (Lipinski definition) is 1. The van der Waals surface area contributed by atoms with Crippen LogP contribution >= 0.6 is 0 Å². The van der Waals surface area contributed by atoms with Crippen LogP contribution in [0, 0.1) is 17.5 Å². The van der Waals surface area contributed by atoms with Crippen molar-refractivity contribution in [1.29, 1.82) is 0 Å². The van der Waals surface area contributed by atoms with E-state index in [0.29, 0.717) is 17.9 Å². The Labute approximate surface area is 107 Å². The first kappa shape index (κ1) is 13.6. The highest BCUT2D eigenvalue weighted by molar-refractivity contribution is 5.30. The highest BCUT2D eigenvalue weighted by Crippen LogP contribution is 2.27. The van der Waals surface area contributed by atoms with Gasteiger partial charge in [-0.05, 0) is 12.1 Å². The van der Waals surface area contributed by atoms with Crippen molar-refractivity contribution in [3.05, 3.63) is 58.8 Å². The molecule has 2 N–H and O–H groups in total. The standard InChI is InChI=1S/C13H12F3NO2/c1-18-6-8-2-3-11(19-8)13(17)12-9(15)4-7(14)5-10(12)16/h2-5,13H,6,17H2,1H3. The Hall–Kier alpha value is -1.79. The fourth-order valence-corrected chi connectivity index (χ4v) is 1.77. The minimum Gasteiger partial charge on any atom is -0.462 e. The first-order valence-electron chi connectivity index (χ1n) is 5.50. The van der Waals surface area contributed by atoms with E-state index in [1.165, 1.54) is 13.2 Å². The Kier molecular flexibility index (Phi) is 3.92. The summed E-state index contributed by atoms with van der Waals surface area (Å²) in [6.07, 6.45) is 0. The Balaban J connectivity index is 2.35. The molecule has 0 aliphatic rings. The van der Waals surface area contributed by atoms with E-state index in [1.807, 2.05) is 0 Å². The van der Waals surface area contributed by atoms with E-state index in [0.717, 1.165) is 0 Å². The lowest BCUT2D eigenvalue weighted by Gasteiger charge is -2.11. The van der Waals surface area contributed by atoms with Gasteiger partial charge < -0.3 is 14.9 Å². The van der Waals surface area contributed by atoms with E-state index in [9.17, 15) is 13.2 Å². The monoisotopic (exact) mass is 271 g/mol. The average Bonchev–Trinajstić information content (AvgIpc) is 2.76. The van der Waals surface area contributed by atoms with Gasteiger partial charge in [0.2, 0.25) is 0 Å². The van der Waals surface area contributed by atoms with Gasteiger partial charge in [0, 0.05) is 24.8 Å². The molecule has 0 saturated carbocycles. The molecule has 0 bridgehead atoms. The normalized spacial score (nSPS) is 12.7. The van der Waals surface area contributed by atoms with Crippen LogP contribution in [0.3, 0.4) is 0 Å². The number of ether oxygens (including phenoxy) is 1. The predicted octanol–water partition coefficient (Wildman–Crippen LogP) is 2.89. The molecule has 1 unspecified atom stereocenters. The summed E-state index contributed by atoms with van der Waals surface area (Å²) >= 11 is 0. The molecule has 6 heteroatoms. The summed E-state index contributed by atoms with van der Waals surface area (Å²) in [6.45, 7) is 0.223. The van der Waals surface area contributed by atoms with Gasteiger partial charge >= 0.3 is 0 Å². The maximum atomic E-state index is 13.6. The van der Waals surface area contributed by atoms with E-state index < -0.39 is 29.1 Å². The molecular weight excluding hydrogens is 259 g/mol. The van der Waals surface area contributed by atoms with Crippen molar-refractivity contribution in [3.63, 3.8) is 0 Å². The molecule has 0 saturated heterocycles. The van der Waals surface area contributed by atoms with Crippen LogP contribution in [0.4, 0.5) is 13.2 Å². The lowest BCUT2D eigenvalue weighted by atomic mass is 10.0. The fraction of sp³-hybridized carbons (Fsp3) is 0.231. The van der Waals surface area contributed by atoms with E-state index in [4.69, 9.17) is 14.9 Å². The highest BCUT2D eigenvalue weighted by atomic mass is 19.1. The molecule has 1 heterocycles. The van der Waals surface area contributed by atoms with Crippen molar-refractivity contribution in [3.8, 4) is 0 Å². The molecule has 0 fully saturated rings. The number of furan rings is 1. The maximum Gasteiger partial charge on any atom is 0.134 e. The number of methoxy groups -OCH3 is 1. The average molecular weight is 271 g/mol. The summed E-state index contributed by atoms with van der Waals surface area (Å²) in [7, 11) is 1.49. The van der Waals surface area contributed by atoms with Gasteiger partial charge in [-0.2, -0.15) is 0 Å². The third-order valence-electron chi connectivity index (χ3n) is 2.63. The van der Waals surface area contributed by atoms with Crippen LogP contribution < -0.4 is 5.73 Å². The summed E-state index contributed by atoms with van der Waals surface area (Å²) in [5.74, 6) is -2.43. The minimum absolute atomic E-state index is 0.177. The summed E-state index contributed by atoms with van der Waals surface area (Å²) in [4.78, 5) is 0. The lowest BCUT2D eigenvalue weighted by Crippen LogP contribution is -2.15. The fourth-order valence-electron chi connectivity index (χ4n) is 1.77. The van der Waals surface area contributed by atoms with Crippen molar-refractivity contribution in [2.45, 2.75) is 12.6 Å². The second-order valence-corrected chi connectivity index (χ2v) is 4.00. The van der Waals surface area contributed by atoms with Gasteiger partial charge in [-0.25, -0.2) is 13.2 Å². The van der Waals surface area contributed by atoms with Gasteiger partial charge in [0.15, 0.2) is 0 Å². The molecule has 0 aliphatic heterocycles. The van der Waals surface area contributed by atoms with Crippen molar-refractivity contribution >= 4 is 0 Å². The molecule has 1 aromatic heterocycles. The number of rotatable bonds is 4. The zero-order valence-electron chi connectivity index (χ0n) is 10.1. The number of nitrogens with two attached hydrogens (primary N) is 1. The quantitative estimate of drug-likeness (QED) is 0.930. The van der Waals surface area contributed by atoms with E-state index in [-0.39, 0.29) is 12.4 Å². The highest BCUT2D eigenvalue weighted by Gasteiger charge is 2.22. The second-order valence-electron chi connectivity index (χ2n) is 4.00. The molecular formula is C13H12F3NO2. The number of benzene rings is 1. The smallest absolute Gasteiger partial charge is 0.134 e. The van der Waals surface area contributed by atoms with Crippen LogP contribution in [0.5, 0.6) is 0 Å². The topological polar surface area (TPSA) is 48.4 Å². The first-order valence-corrected chi connectivity index (χ1v) is 5.50. The molecule has 102 valence electrons. The molecule has 0 spiro atoms. The predicted molar refractivity (Wildman–Crippen MR) is 61.8 cm³/mol. The Morgan fingerprint density at radius 1 is 1.21 bits per heavy atom. The van der Waals surface area contributed by atoms with Crippen LogP contribution in [0.2, 0.25) is 0 Å². The summed E-state index contributed by atoms with van der Waals surface area (Å²) in [5.41, 5.74) is 5.31. The molecule has 1 aromatic carbocycles. The number of hydrogen-bond acceptors (Lipinski definition) is 3. The van der Waals surface area contributed by atoms with Crippen molar-refractivity contribution in [2.24, 2.45) is 5.73 Å². The molecule has 3 nitrogen and oxygen atoms in total. The van der Waals surface area contributed by atoms with Crippen LogP contribution in [-0.4, -0.2) is 7.11 Å². The van der Waals surface area contributed by atoms with Crippen LogP contribution in [0.1, 0.15) is 23.1 Å². The summed E-state index contributed by atoms with van der Waals surface area (Å²) in [6, 6.07) is 3.11. The Morgan fingerprint density at radius 2 is 1.84 bits per heavy atom. The molecule has 0 aliphatic carbocycles. The SMILES string of the molecule is COCc1ccc(C(N)c2c(F)cc(F)cc2F)o1. The zero-order valence-corrected chi connectivity index (χ0v) is 10.1. The molecule has 19 heavy (non-hydrogen) atoms. The lowest BCUT2D eigenvalue weighted by molar-refractivity contribution is 0.162. The first-order chi connectivity index (χ1) is 9.02. The van der Waals surface area contributed by atoms with Gasteiger partial charge in [0.25, 0.3) is 0 Å². The summed E-state index contributed by atoms with van der Waals surface area (Å²) < 4.78 is 50.1. The van der Waals surface area contributed by atoms with Crippen molar-refractivity contribution in [1.82, 2.24) is 0 Å². The Morgan fingerprint density at radius 3 is 2.42 bits per heavy atom. The Bertz CT molecular complexity index is 560. The van der Waals surface area contributed by atoms with Gasteiger partial charge in [-0.1, -0.05) is 0 Å². The second kappa shape index (κ2) is 5.46. The van der Waals surface area contributed by atoms with E-state index >= 15 is 0 Å². The van der Waals surface area contributed by atoms with E-state index in [1.54, 1.807) is 6.07 Å². The molecule has 0 radical (unpaired) electrons. The van der Waals surface area contributed by atoms with Crippen molar-refractivity contribution < 1.29 is 22.3 Å². The maximum absolute atomic E-state index is 13.6. The summed E-state index contributed by atoms with van der Waals surface area (Å²) in [5, 5.41) is 0.